The van der Waals surface area contributed by atoms with Gasteiger partial charge in [0.15, 0.2) is 5.13 Å². The normalized spacial score (nSPS) is 14.0. The average molecular weight is 407 g/mol. The van der Waals surface area contributed by atoms with Gasteiger partial charge in [0.25, 0.3) is 5.91 Å². The van der Waals surface area contributed by atoms with Crippen LogP contribution < -0.4 is 15.8 Å². The molecule has 144 valence electrons. The van der Waals surface area contributed by atoms with E-state index in [2.05, 4.69) is 20.7 Å². The molecule has 0 radical (unpaired) electrons. The molecule has 27 heavy (non-hydrogen) atoms. The molecular weight excluding hydrogens is 384 g/mol. The minimum absolute atomic E-state index is 0.119. The number of carbonyl (C=O) groups is 2. The second kappa shape index (κ2) is 9.72. The van der Waals surface area contributed by atoms with Crippen molar-refractivity contribution in [3.63, 3.8) is 0 Å². The second-order valence-electron chi connectivity index (χ2n) is 6.03. The van der Waals surface area contributed by atoms with E-state index in [-0.39, 0.29) is 18.2 Å². The van der Waals surface area contributed by atoms with Crippen LogP contribution in [0.3, 0.4) is 0 Å². The minimum atomic E-state index is -0.335. The van der Waals surface area contributed by atoms with Crippen LogP contribution in [0.4, 0.5) is 5.13 Å². The fourth-order valence-corrected chi connectivity index (χ4v) is 4.05. The summed E-state index contributed by atoms with van der Waals surface area (Å²) in [6.07, 6.45) is 2.13. The van der Waals surface area contributed by atoms with E-state index in [1.165, 1.54) is 11.3 Å². The lowest BCUT2D eigenvalue weighted by molar-refractivity contribution is -0.121. The molecule has 0 unspecified atom stereocenters. The Kier molecular flexibility index (Phi) is 7.08. The van der Waals surface area contributed by atoms with Gasteiger partial charge in [-0.05, 0) is 24.0 Å². The lowest BCUT2D eigenvalue weighted by atomic mass is 10.1. The molecule has 9 heteroatoms. The zero-order valence-corrected chi connectivity index (χ0v) is 16.7. The number of rotatable bonds is 6. The van der Waals surface area contributed by atoms with Gasteiger partial charge in [-0.25, -0.2) is 4.98 Å². The van der Waals surface area contributed by atoms with E-state index in [4.69, 9.17) is 4.74 Å². The maximum absolute atomic E-state index is 12.2. The largest absolute Gasteiger partial charge is 0.378 e. The molecule has 1 aromatic heterocycles. The Morgan fingerprint density at radius 2 is 2.11 bits per heavy atom. The first-order valence-electron chi connectivity index (χ1n) is 8.60. The molecule has 2 amide bonds. The van der Waals surface area contributed by atoms with Crippen LogP contribution in [0.1, 0.15) is 21.6 Å². The van der Waals surface area contributed by atoms with Crippen molar-refractivity contribution in [1.82, 2.24) is 15.8 Å². The molecule has 1 aromatic carbocycles. The van der Waals surface area contributed by atoms with Gasteiger partial charge in [0, 0.05) is 29.8 Å². The average Bonchev–Trinajstić information content (AvgIpc) is 3.16. The number of morpholine rings is 1. The van der Waals surface area contributed by atoms with Gasteiger partial charge in [-0.15, -0.1) is 11.3 Å². The number of hydrogen-bond acceptors (Lipinski definition) is 7. The van der Waals surface area contributed by atoms with Crippen LogP contribution in [-0.4, -0.2) is 49.4 Å². The molecule has 0 bridgehead atoms. The van der Waals surface area contributed by atoms with E-state index in [0.717, 1.165) is 29.5 Å². The highest BCUT2D eigenvalue weighted by molar-refractivity contribution is 7.97. The molecule has 1 saturated heterocycles. The Labute approximate surface area is 166 Å². The third-order valence-electron chi connectivity index (χ3n) is 3.98. The van der Waals surface area contributed by atoms with Crippen molar-refractivity contribution in [3.05, 3.63) is 46.5 Å². The van der Waals surface area contributed by atoms with Gasteiger partial charge in [0.2, 0.25) is 5.91 Å². The highest BCUT2D eigenvalue weighted by atomic mass is 32.2. The number of aromatic nitrogens is 1. The van der Waals surface area contributed by atoms with Crippen molar-refractivity contribution >= 4 is 40.0 Å². The number of thioether (sulfide) groups is 1. The van der Waals surface area contributed by atoms with Gasteiger partial charge in [-0.3, -0.25) is 20.4 Å². The molecular formula is C18H22N4O3S2. The number of hydrazine groups is 1. The predicted octanol–water partition coefficient (Wildman–Crippen LogP) is 1.85. The zero-order chi connectivity index (χ0) is 19.1. The summed E-state index contributed by atoms with van der Waals surface area (Å²) in [4.78, 5) is 31.0. The Morgan fingerprint density at radius 3 is 2.89 bits per heavy atom. The fourth-order valence-electron chi connectivity index (χ4n) is 2.65. The first kappa shape index (κ1) is 19.7. The molecule has 1 fully saturated rings. The Bertz CT molecular complexity index is 790. The van der Waals surface area contributed by atoms with Gasteiger partial charge in [0.05, 0.1) is 25.3 Å². The zero-order valence-electron chi connectivity index (χ0n) is 15.1. The lowest BCUT2D eigenvalue weighted by Gasteiger charge is -2.26. The van der Waals surface area contributed by atoms with Crippen molar-refractivity contribution in [2.24, 2.45) is 0 Å². The molecule has 1 aliphatic heterocycles. The van der Waals surface area contributed by atoms with Crippen molar-refractivity contribution < 1.29 is 14.3 Å². The first-order valence-corrected chi connectivity index (χ1v) is 10.9. The van der Waals surface area contributed by atoms with Crippen molar-refractivity contribution in [3.8, 4) is 0 Å². The van der Waals surface area contributed by atoms with E-state index < -0.39 is 0 Å². The molecule has 7 nitrogen and oxygen atoms in total. The quantitative estimate of drug-likeness (QED) is 0.713. The SMILES string of the molecule is CSCc1cccc(C(=O)NNC(=O)Cc2csc(N3CCOCC3)n2)c1. The van der Waals surface area contributed by atoms with E-state index in [1.807, 2.05) is 29.8 Å². The lowest BCUT2D eigenvalue weighted by Crippen LogP contribution is -2.42. The van der Waals surface area contributed by atoms with Gasteiger partial charge in [0.1, 0.15) is 0 Å². The highest BCUT2D eigenvalue weighted by Gasteiger charge is 2.16. The maximum atomic E-state index is 12.2. The summed E-state index contributed by atoms with van der Waals surface area (Å²) in [5.74, 6) is 0.198. The predicted molar refractivity (Wildman–Crippen MR) is 108 cm³/mol. The molecule has 0 spiro atoms. The van der Waals surface area contributed by atoms with Gasteiger partial charge >= 0.3 is 0 Å². The van der Waals surface area contributed by atoms with Crippen LogP contribution in [-0.2, 0) is 21.7 Å². The van der Waals surface area contributed by atoms with Crippen LogP contribution in [0.5, 0.6) is 0 Å². The molecule has 0 atom stereocenters. The van der Waals surface area contributed by atoms with Crippen molar-refractivity contribution in [2.45, 2.75) is 12.2 Å². The molecule has 3 rings (SSSR count). The smallest absolute Gasteiger partial charge is 0.269 e. The number of ether oxygens (including phenoxy) is 1. The number of carbonyl (C=O) groups excluding carboxylic acids is 2. The number of anilines is 1. The van der Waals surface area contributed by atoms with E-state index in [0.29, 0.717) is 24.5 Å². The first-order chi connectivity index (χ1) is 13.2. The third kappa shape index (κ3) is 5.69. The summed E-state index contributed by atoms with van der Waals surface area (Å²) in [6.45, 7) is 3.01. The van der Waals surface area contributed by atoms with Gasteiger partial charge < -0.3 is 9.64 Å². The van der Waals surface area contributed by atoms with Crippen molar-refractivity contribution in [1.29, 1.82) is 0 Å². The van der Waals surface area contributed by atoms with Crippen LogP contribution in [0.2, 0.25) is 0 Å². The number of thiazole rings is 1. The van der Waals surface area contributed by atoms with Crippen LogP contribution >= 0.6 is 23.1 Å². The number of amides is 2. The molecule has 0 saturated carbocycles. The summed E-state index contributed by atoms with van der Waals surface area (Å²) in [6, 6.07) is 7.36. The number of hydrogen-bond donors (Lipinski definition) is 2. The molecule has 1 aliphatic rings. The van der Waals surface area contributed by atoms with E-state index >= 15 is 0 Å². The standard InChI is InChI=1S/C18H22N4O3S2/c1-26-11-13-3-2-4-14(9-13)17(24)21-20-16(23)10-15-12-27-18(19-15)22-5-7-25-8-6-22/h2-4,9,12H,5-8,10-11H2,1H3,(H,20,23)(H,21,24). The molecule has 0 aliphatic carbocycles. The highest BCUT2D eigenvalue weighted by Crippen LogP contribution is 2.21. The Balaban J connectivity index is 1.48. The van der Waals surface area contributed by atoms with Crippen LogP contribution in [0.25, 0.3) is 0 Å². The Morgan fingerprint density at radius 1 is 1.30 bits per heavy atom. The van der Waals surface area contributed by atoms with Gasteiger partial charge in [-0.1, -0.05) is 12.1 Å². The van der Waals surface area contributed by atoms with Crippen LogP contribution in [0, 0.1) is 0 Å². The van der Waals surface area contributed by atoms with Crippen LogP contribution in [0.15, 0.2) is 29.6 Å². The van der Waals surface area contributed by atoms with E-state index in [1.54, 1.807) is 17.8 Å². The summed E-state index contributed by atoms with van der Waals surface area (Å²) < 4.78 is 5.33. The maximum Gasteiger partial charge on any atom is 0.269 e. The monoisotopic (exact) mass is 406 g/mol. The summed E-state index contributed by atoms with van der Waals surface area (Å²) in [7, 11) is 0. The molecule has 2 aromatic rings. The summed E-state index contributed by atoms with van der Waals surface area (Å²) in [5, 5.41) is 2.77. The minimum Gasteiger partial charge on any atom is -0.378 e. The topological polar surface area (TPSA) is 83.6 Å². The fraction of sp³-hybridized carbons (Fsp3) is 0.389. The number of nitrogens with one attached hydrogen (secondary N) is 2. The summed E-state index contributed by atoms with van der Waals surface area (Å²) >= 11 is 3.20. The van der Waals surface area contributed by atoms with E-state index in [9.17, 15) is 9.59 Å². The van der Waals surface area contributed by atoms with Crippen molar-refractivity contribution in [2.75, 3.05) is 37.5 Å². The third-order valence-corrected chi connectivity index (χ3v) is 5.55. The number of benzene rings is 1. The summed E-state index contributed by atoms with van der Waals surface area (Å²) in [5.41, 5.74) is 7.20. The molecule has 2 heterocycles. The van der Waals surface area contributed by atoms with Gasteiger partial charge in [-0.2, -0.15) is 11.8 Å². The second-order valence-corrected chi connectivity index (χ2v) is 7.74. The molecule has 2 N–H and O–H groups in total. The number of nitrogens with zero attached hydrogens (tertiary/aromatic N) is 2. The Hall–Kier alpha value is -2.10.